The van der Waals surface area contributed by atoms with Gasteiger partial charge in [-0.3, -0.25) is 0 Å². The molecule has 3 nitrogen and oxygen atoms in total. The molecule has 0 heterocycles. The van der Waals surface area contributed by atoms with Gasteiger partial charge in [0.1, 0.15) is 0 Å². The normalized spacial score (nSPS) is 13.9. The van der Waals surface area contributed by atoms with Gasteiger partial charge in [0.2, 0.25) is 0 Å². The molecular weight excluding hydrogens is 461 g/mol. The smallest absolute Gasteiger partial charge is 0.0894 e. The molecule has 1 aromatic carbocycles. The summed E-state index contributed by atoms with van der Waals surface area (Å²) < 4.78 is 1.32. The number of benzene rings is 1. The van der Waals surface area contributed by atoms with E-state index in [9.17, 15) is 5.11 Å². The first-order chi connectivity index (χ1) is 13.6. The van der Waals surface area contributed by atoms with Crippen molar-refractivity contribution in [1.29, 1.82) is 0 Å². The van der Waals surface area contributed by atoms with Gasteiger partial charge >= 0.3 is 0 Å². The molecule has 4 N–H and O–H groups in total. The van der Waals surface area contributed by atoms with Crippen LogP contribution in [0.1, 0.15) is 82.6 Å². The second-order valence-electron chi connectivity index (χ2n) is 7.82. The van der Waals surface area contributed by atoms with Crippen LogP contribution in [0, 0.1) is 3.57 Å². The average molecular weight is 501 g/mol. The fourth-order valence-electron chi connectivity index (χ4n) is 3.32. The molecule has 0 amide bonds. The van der Waals surface area contributed by atoms with Gasteiger partial charge < -0.3 is 15.9 Å². The highest BCUT2D eigenvalue weighted by molar-refractivity contribution is 14.1. The van der Waals surface area contributed by atoms with E-state index in [1.807, 2.05) is 6.08 Å². The van der Waals surface area contributed by atoms with Crippen molar-refractivity contribution in [2.75, 3.05) is 6.61 Å². The Morgan fingerprint density at radius 3 is 1.86 bits per heavy atom. The Hall–Kier alpha value is -0.430. The lowest BCUT2D eigenvalue weighted by molar-refractivity contribution is 0.144. The summed E-state index contributed by atoms with van der Waals surface area (Å²) in [5.74, 6) is 0. The molecule has 0 aliphatic heterocycles. The summed E-state index contributed by atoms with van der Waals surface area (Å²) >= 11 is 2.36. The van der Waals surface area contributed by atoms with Crippen molar-refractivity contribution in [3.05, 3.63) is 45.6 Å². The summed E-state index contributed by atoms with van der Waals surface area (Å²) in [6, 6.07) is 8.35. The number of hydrogen-bond donors (Lipinski definition) is 3. The molecule has 0 radical (unpaired) electrons. The largest absolute Gasteiger partial charge is 0.395 e. The highest BCUT2D eigenvalue weighted by Crippen LogP contribution is 2.14. The van der Waals surface area contributed by atoms with E-state index in [0.717, 1.165) is 12.8 Å². The van der Waals surface area contributed by atoms with Crippen LogP contribution < -0.4 is 5.73 Å². The number of aliphatic hydroxyl groups is 2. The summed E-state index contributed by atoms with van der Waals surface area (Å²) in [4.78, 5) is 0. The van der Waals surface area contributed by atoms with Gasteiger partial charge in [-0.25, -0.2) is 0 Å². The lowest BCUT2D eigenvalue weighted by Crippen LogP contribution is -2.36. The number of nitrogens with two attached hydrogens (primary N) is 1. The first-order valence-electron chi connectivity index (χ1n) is 11.1. The summed E-state index contributed by atoms with van der Waals surface area (Å²) in [6.45, 7) is -0.182. The summed E-state index contributed by atoms with van der Waals surface area (Å²) in [6.07, 6.45) is 19.8. The van der Waals surface area contributed by atoms with Crippen molar-refractivity contribution >= 4 is 22.6 Å². The Morgan fingerprint density at radius 1 is 0.821 bits per heavy atom. The van der Waals surface area contributed by atoms with Crippen LogP contribution in [0.3, 0.4) is 0 Å². The Labute approximate surface area is 186 Å². The molecule has 0 aliphatic carbocycles. The molecule has 0 spiro atoms. The van der Waals surface area contributed by atoms with Gasteiger partial charge in [-0.05, 0) is 66.0 Å². The molecule has 0 fully saturated rings. The van der Waals surface area contributed by atoms with E-state index in [2.05, 4.69) is 46.9 Å². The Kier molecular flexibility index (Phi) is 15.9. The third-order valence-corrected chi connectivity index (χ3v) is 5.95. The van der Waals surface area contributed by atoms with E-state index in [4.69, 9.17) is 10.8 Å². The Bertz CT molecular complexity index is 504. The van der Waals surface area contributed by atoms with Crippen LogP contribution in [-0.4, -0.2) is 29.0 Å². The second-order valence-corrected chi connectivity index (χ2v) is 9.07. The fraction of sp³-hybridized carbons (Fsp3) is 0.667. The number of unbranched alkanes of at least 4 members (excludes halogenated alkanes) is 11. The Balaban J connectivity index is 1.80. The van der Waals surface area contributed by atoms with E-state index in [-0.39, 0.29) is 6.61 Å². The van der Waals surface area contributed by atoms with Crippen LogP contribution in [0.4, 0.5) is 0 Å². The molecule has 0 saturated heterocycles. The van der Waals surface area contributed by atoms with Crippen LogP contribution in [0.15, 0.2) is 36.4 Å². The van der Waals surface area contributed by atoms with Crippen LogP contribution in [0.25, 0.3) is 0 Å². The van der Waals surface area contributed by atoms with Crippen molar-refractivity contribution in [3.63, 3.8) is 0 Å². The molecule has 4 heteroatoms. The van der Waals surface area contributed by atoms with Gasteiger partial charge in [0.25, 0.3) is 0 Å². The van der Waals surface area contributed by atoms with Crippen molar-refractivity contribution in [2.24, 2.45) is 5.73 Å². The van der Waals surface area contributed by atoms with E-state index in [1.165, 1.54) is 79.8 Å². The van der Waals surface area contributed by atoms with Crippen LogP contribution in [0.5, 0.6) is 0 Å². The maximum atomic E-state index is 9.60. The van der Waals surface area contributed by atoms with E-state index >= 15 is 0 Å². The zero-order valence-electron chi connectivity index (χ0n) is 17.4. The van der Waals surface area contributed by atoms with Gasteiger partial charge in [0.15, 0.2) is 0 Å². The standard InChI is InChI=1S/C24H40INO2/c25-22-18-16-21(17-19-22)14-12-10-8-6-4-2-1-3-5-7-9-11-13-15-24(28)23(26)20-27/h13,15-19,23-24,27-28H,1-12,14,20,26H2/b15-13+/t23-,24+/m0/s1. The molecule has 160 valence electrons. The first kappa shape index (κ1) is 25.6. The van der Waals surface area contributed by atoms with Crippen molar-refractivity contribution in [3.8, 4) is 0 Å². The number of aliphatic hydroxyl groups excluding tert-OH is 2. The molecule has 0 aromatic heterocycles. The topological polar surface area (TPSA) is 66.5 Å². The summed E-state index contributed by atoms with van der Waals surface area (Å²) in [7, 11) is 0. The highest BCUT2D eigenvalue weighted by Gasteiger charge is 2.08. The summed E-state index contributed by atoms with van der Waals surface area (Å²) in [5, 5.41) is 18.5. The first-order valence-corrected chi connectivity index (χ1v) is 12.2. The van der Waals surface area contributed by atoms with Crippen molar-refractivity contribution in [2.45, 2.75) is 95.6 Å². The molecule has 0 saturated carbocycles. The van der Waals surface area contributed by atoms with Crippen LogP contribution in [0.2, 0.25) is 0 Å². The van der Waals surface area contributed by atoms with Crippen LogP contribution in [-0.2, 0) is 6.42 Å². The van der Waals surface area contributed by atoms with E-state index < -0.39 is 12.1 Å². The fourth-order valence-corrected chi connectivity index (χ4v) is 3.68. The zero-order valence-corrected chi connectivity index (χ0v) is 19.5. The molecule has 2 atom stereocenters. The highest BCUT2D eigenvalue weighted by atomic mass is 127. The average Bonchev–Trinajstić information content (AvgIpc) is 2.71. The lowest BCUT2D eigenvalue weighted by atomic mass is 10.0. The zero-order chi connectivity index (χ0) is 20.5. The predicted molar refractivity (Wildman–Crippen MR) is 128 cm³/mol. The van der Waals surface area contributed by atoms with E-state index in [1.54, 1.807) is 6.08 Å². The Morgan fingerprint density at radius 2 is 1.32 bits per heavy atom. The maximum absolute atomic E-state index is 9.60. The number of allylic oxidation sites excluding steroid dienone is 1. The van der Waals surface area contributed by atoms with Gasteiger partial charge in [0.05, 0.1) is 18.8 Å². The van der Waals surface area contributed by atoms with Gasteiger partial charge in [-0.15, -0.1) is 0 Å². The third-order valence-electron chi connectivity index (χ3n) is 5.23. The van der Waals surface area contributed by atoms with Crippen molar-refractivity contribution in [1.82, 2.24) is 0 Å². The summed E-state index contributed by atoms with van der Waals surface area (Å²) in [5.41, 5.74) is 7.02. The minimum atomic E-state index is -0.729. The number of aryl methyl sites for hydroxylation is 1. The number of halogens is 1. The molecule has 1 rings (SSSR count). The molecule has 0 aliphatic rings. The monoisotopic (exact) mass is 501 g/mol. The molecule has 1 aromatic rings. The van der Waals surface area contributed by atoms with E-state index in [0.29, 0.717) is 0 Å². The molecule has 28 heavy (non-hydrogen) atoms. The predicted octanol–water partition coefficient (Wildman–Crippen LogP) is 5.75. The quantitative estimate of drug-likeness (QED) is 0.145. The maximum Gasteiger partial charge on any atom is 0.0894 e. The number of hydrogen-bond acceptors (Lipinski definition) is 3. The lowest BCUT2D eigenvalue weighted by Gasteiger charge is -2.11. The van der Waals surface area contributed by atoms with Crippen LogP contribution >= 0.6 is 22.6 Å². The van der Waals surface area contributed by atoms with Gasteiger partial charge in [-0.1, -0.05) is 82.1 Å². The second kappa shape index (κ2) is 17.4. The molecule has 0 bridgehead atoms. The number of rotatable bonds is 17. The van der Waals surface area contributed by atoms with Gasteiger partial charge in [-0.2, -0.15) is 0 Å². The molecular formula is C24H40INO2. The minimum absolute atomic E-state index is 0.182. The third kappa shape index (κ3) is 13.7. The molecule has 0 unspecified atom stereocenters. The van der Waals surface area contributed by atoms with Crippen molar-refractivity contribution < 1.29 is 10.2 Å². The van der Waals surface area contributed by atoms with Gasteiger partial charge in [0, 0.05) is 3.57 Å². The minimum Gasteiger partial charge on any atom is -0.395 e. The SMILES string of the molecule is N[C@@H](CO)[C@H](O)/C=C/CCCCCCCCCCCCCc1ccc(I)cc1.